The average Bonchev–Trinajstić information content (AvgIpc) is 2.91. The van der Waals surface area contributed by atoms with Gasteiger partial charge in [0.05, 0.1) is 11.8 Å². The number of nitrogens with one attached hydrogen (secondary N) is 1. The minimum Gasteiger partial charge on any atom is -0.469 e. The van der Waals surface area contributed by atoms with Crippen molar-refractivity contribution in [1.29, 1.82) is 0 Å². The van der Waals surface area contributed by atoms with Gasteiger partial charge in [0.15, 0.2) is 0 Å². The number of nitrogens with zero attached hydrogens (tertiary/aromatic N) is 1. The van der Waals surface area contributed by atoms with E-state index in [0.717, 1.165) is 17.7 Å². The predicted molar refractivity (Wildman–Crippen MR) is 80.7 cm³/mol. The molecule has 3 aromatic rings. The Bertz CT molecular complexity index is 712. The number of rotatable bonds is 4. The molecule has 1 unspecified atom stereocenters. The molecule has 2 heterocycles. The van der Waals surface area contributed by atoms with Crippen LogP contribution in [0.4, 0.5) is 0 Å². The summed E-state index contributed by atoms with van der Waals surface area (Å²) >= 11 is 0. The summed E-state index contributed by atoms with van der Waals surface area (Å²) in [5, 5.41) is 4.60. The van der Waals surface area contributed by atoms with Gasteiger partial charge in [-0.2, -0.15) is 0 Å². The third-order valence-corrected chi connectivity index (χ3v) is 3.79. The monoisotopic (exact) mass is 266 g/mol. The molecule has 102 valence electrons. The lowest BCUT2D eigenvalue weighted by Crippen LogP contribution is -2.19. The smallest absolute Gasteiger partial charge is 0.105 e. The molecule has 0 radical (unpaired) electrons. The molecule has 0 fully saturated rings. The van der Waals surface area contributed by atoms with Crippen molar-refractivity contribution in [3.8, 4) is 0 Å². The molecule has 0 aliphatic heterocycles. The first-order chi connectivity index (χ1) is 9.79. The van der Waals surface area contributed by atoms with Crippen LogP contribution in [0.2, 0.25) is 0 Å². The number of hydrogen-bond acceptors (Lipinski definition) is 3. The number of furan rings is 1. The van der Waals surface area contributed by atoms with E-state index in [4.69, 9.17) is 4.42 Å². The molecule has 0 bridgehead atoms. The lowest BCUT2D eigenvalue weighted by molar-refractivity contribution is 0.512. The summed E-state index contributed by atoms with van der Waals surface area (Å²) in [7, 11) is 1.99. The molecule has 3 heteroatoms. The zero-order valence-electron chi connectivity index (χ0n) is 11.8. The Morgan fingerprint density at radius 2 is 2.05 bits per heavy atom. The van der Waals surface area contributed by atoms with Gasteiger partial charge < -0.3 is 9.73 Å². The van der Waals surface area contributed by atoms with Crippen LogP contribution in [0, 0.1) is 6.92 Å². The molecule has 0 saturated heterocycles. The van der Waals surface area contributed by atoms with Crippen LogP contribution in [0.25, 0.3) is 10.9 Å². The fraction of sp³-hybridized carbons (Fsp3) is 0.235. The molecule has 2 aromatic heterocycles. The van der Waals surface area contributed by atoms with Gasteiger partial charge >= 0.3 is 0 Å². The first-order valence-corrected chi connectivity index (χ1v) is 6.83. The van der Waals surface area contributed by atoms with Crippen LogP contribution in [0.3, 0.4) is 0 Å². The Balaban J connectivity index is 1.98. The highest BCUT2D eigenvalue weighted by atomic mass is 16.3. The molecule has 1 N–H and O–H groups in total. The van der Waals surface area contributed by atoms with Gasteiger partial charge in [-0.15, -0.1) is 0 Å². The number of likely N-dealkylation sites (N-methyl/N-ethyl adjacent to an activating group) is 1. The molecular weight excluding hydrogens is 248 g/mol. The van der Waals surface area contributed by atoms with Crippen LogP contribution in [0.1, 0.15) is 22.9 Å². The number of fused-ring (bicyclic) bond motifs is 1. The number of benzene rings is 1. The van der Waals surface area contributed by atoms with E-state index in [9.17, 15) is 0 Å². The van der Waals surface area contributed by atoms with Crippen molar-refractivity contribution in [2.75, 3.05) is 7.05 Å². The highest BCUT2D eigenvalue weighted by Gasteiger charge is 2.15. The lowest BCUT2D eigenvalue weighted by Gasteiger charge is -2.16. The van der Waals surface area contributed by atoms with E-state index in [1.807, 2.05) is 32.3 Å². The summed E-state index contributed by atoms with van der Waals surface area (Å²) in [5.74, 6) is 0.975. The van der Waals surface area contributed by atoms with Crippen LogP contribution in [-0.4, -0.2) is 12.0 Å². The molecule has 3 nitrogen and oxygen atoms in total. The second-order valence-electron chi connectivity index (χ2n) is 4.96. The Hall–Kier alpha value is -2.13. The maximum absolute atomic E-state index is 5.42. The molecule has 0 saturated carbocycles. The van der Waals surface area contributed by atoms with E-state index >= 15 is 0 Å². The Labute approximate surface area is 118 Å². The van der Waals surface area contributed by atoms with Crippen molar-refractivity contribution in [2.24, 2.45) is 0 Å². The minimum atomic E-state index is 0.250. The van der Waals surface area contributed by atoms with Crippen LogP contribution in [-0.2, 0) is 6.42 Å². The SMILES string of the molecule is CNC(Cc1ccnc2ccccc12)c1ccoc1C. The van der Waals surface area contributed by atoms with E-state index in [-0.39, 0.29) is 6.04 Å². The molecule has 0 spiro atoms. The molecule has 0 aliphatic rings. The van der Waals surface area contributed by atoms with E-state index in [2.05, 4.69) is 34.6 Å². The van der Waals surface area contributed by atoms with Crippen LogP contribution < -0.4 is 5.32 Å². The zero-order valence-corrected chi connectivity index (χ0v) is 11.8. The van der Waals surface area contributed by atoms with Gasteiger partial charge in [0.25, 0.3) is 0 Å². The van der Waals surface area contributed by atoms with Crippen molar-refractivity contribution < 1.29 is 4.42 Å². The standard InChI is InChI=1S/C17H18N2O/c1-12-14(8-10-20-12)17(18-2)11-13-7-9-19-16-6-4-3-5-15(13)16/h3-10,17-18H,11H2,1-2H3. The molecule has 20 heavy (non-hydrogen) atoms. The third kappa shape index (κ3) is 2.32. The highest BCUT2D eigenvalue weighted by molar-refractivity contribution is 5.81. The quantitative estimate of drug-likeness (QED) is 0.783. The van der Waals surface area contributed by atoms with E-state index < -0.39 is 0 Å². The second kappa shape index (κ2) is 5.47. The summed E-state index contributed by atoms with van der Waals surface area (Å²) in [6.45, 7) is 2.00. The Morgan fingerprint density at radius 3 is 2.80 bits per heavy atom. The first-order valence-electron chi connectivity index (χ1n) is 6.83. The molecule has 1 atom stereocenters. The molecule has 3 rings (SSSR count). The third-order valence-electron chi connectivity index (χ3n) is 3.79. The van der Waals surface area contributed by atoms with Crippen molar-refractivity contribution >= 4 is 10.9 Å². The maximum Gasteiger partial charge on any atom is 0.105 e. The van der Waals surface area contributed by atoms with Crippen molar-refractivity contribution in [3.05, 3.63) is 65.7 Å². The van der Waals surface area contributed by atoms with Gasteiger partial charge in [-0.05, 0) is 44.2 Å². The lowest BCUT2D eigenvalue weighted by atomic mass is 9.97. The Kier molecular flexibility index (Phi) is 3.52. The largest absolute Gasteiger partial charge is 0.469 e. The van der Waals surface area contributed by atoms with Gasteiger partial charge in [0, 0.05) is 23.2 Å². The normalized spacial score (nSPS) is 12.7. The number of aromatic nitrogens is 1. The first kappa shape index (κ1) is 12.9. The van der Waals surface area contributed by atoms with Crippen molar-refractivity contribution in [2.45, 2.75) is 19.4 Å². The van der Waals surface area contributed by atoms with Crippen LogP contribution in [0.15, 0.2) is 53.3 Å². The number of para-hydroxylation sites is 1. The molecular formula is C17H18N2O. The highest BCUT2D eigenvalue weighted by Crippen LogP contribution is 2.25. The molecule has 0 amide bonds. The van der Waals surface area contributed by atoms with Crippen molar-refractivity contribution in [3.63, 3.8) is 0 Å². The van der Waals surface area contributed by atoms with Crippen LogP contribution in [0.5, 0.6) is 0 Å². The topological polar surface area (TPSA) is 38.1 Å². The fourth-order valence-corrected chi connectivity index (χ4v) is 2.68. The fourth-order valence-electron chi connectivity index (χ4n) is 2.68. The summed E-state index contributed by atoms with van der Waals surface area (Å²) in [6, 6.07) is 12.7. The molecule has 0 aliphatic carbocycles. The van der Waals surface area contributed by atoms with Crippen molar-refractivity contribution in [1.82, 2.24) is 10.3 Å². The number of hydrogen-bond donors (Lipinski definition) is 1. The second-order valence-corrected chi connectivity index (χ2v) is 4.96. The number of pyridine rings is 1. The van der Waals surface area contributed by atoms with E-state index in [1.165, 1.54) is 16.5 Å². The van der Waals surface area contributed by atoms with Gasteiger partial charge in [-0.25, -0.2) is 0 Å². The van der Waals surface area contributed by atoms with E-state index in [1.54, 1.807) is 6.26 Å². The predicted octanol–water partition coefficient (Wildman–Crippen LogP) is 3.64. The van der Waals surface area contributed by atoms with Gasteiger partial charge in [0.1, 0.15) is 5.76 Å². The van der Waals surface area contributed by atoms with Gasteiger partial charge in [-0.3, -0.25) is 4.98 Å². The maximum atomic E-state index is 5.42. The average molecular weight is 266 g/mol. The summed E-state index contributed by atoms with van der Waals surface area (Å²) in [4.78, 5) is 4.42. The van der Waals surface area contributed by atoms with Gasteiger partial charge in [0.2, 0.25) is 0 Å². The summed E-state index contributed by atoms with van der Waals surface area (Å²) in [5.41, 5.74) is 3.56. The van der Waals surface area contributed by atoms with Crippen LogP contribution >= 0.6 is 0 Å². The Morgan fingerprint density at radius 1 is 1.20 bits per heavy atom. The minimum absolute atomic E-state index is 0.250. The zero-order chi connectivity index (χ0) is 13.9. The molecule has 1 aromatic carbocycles. The summed E-state index contributed by atoms with van der Waals surface area (Å²) < 4.78 is 5.42. The van der Waals surface area contributed by atoms with Gasteiger partial charge in [-0.1, -0.05) is 18.2 Å². The van der Waals surface area contributed by atoms with E-state index in [0.29, 0.717) is 0 Å². The summed E-state index contributed by atoms with van der Waals surface area (Å²) in [6.07, 6.45) is 4.55. The number of aryl methyl sites for hydroxylation is 1.